The Morgan fingerprint density at radius 3 is 2.44 bits per heavy atom. The first-order valence-electron chi connectivity index (χ1n) is 13.4. The molecule has 1 aliphatic heterocycles. The zero-order chi connectivity index (χ0) is 30.3. The molecule has 1 saturated carbocycles. The number of amides is 1. The summed E-state index contributed by atoms with van der Waals surface area (Å²) >= 11 is 0. The van der Waals surface area contributed by atoms with E-state index in [1.165, 1.54) is 0 Å². The number of benzene rings is 1. The lowest BCUT2D eigenvalue weighted by atomic mass is 9.88. The van der Waals surface area contributed by atoms with Gasteiger partial charge in [-0.15, -0.1) is 0 Å². The molecule has 2 heterocycles. The second-order valence-electron chi connectivity index (χ2n) is 10.5. The van der Waals surface area contributed by atoms with Crippen LogP contribution in [0.2, 0.25) is 0 Å². The number of carbonyl (C=O) groups is 1. The topological polar surface area (TPSA) is 74.7 Å². The molecule has 2 N–H and O–H groups in total. The summed E-state index contributed by atoms with van der Waals surface area (Å²) in [6.07, 6.45) is -0.168. The first kappa shape index (κ1) is 32.6. The highest BCUT2D eigenvalue weighted by Gasteiger charge is 2.47. The maximum absolute atomic E-state index is 14.1. The number of aromatic nitrogens is 1. The summed E-state index contributed by atoms with van der Waals surface area (Å²) in [5, 5.41) is 11.9. The van der Waals surface area contributed by atoms with Crippen LogP contribution in [0.25, 0.3) is 11.3 Å². The number of pyridine rings is 1. The van der Waals surface area contributed by atoms with Gasteiger partial charge in [0.2, 0.25) is 5.91 Å². The normalized spacial score (nSPS) is 22.7. The molecule has 0 spiro atoms. The van der Waals surface area contributed by atoms with E-state index in [4.69, 9.17) is 0 Å². The van der Waals surface area contributed by atoms with Crippen LogP contribution in [0, 0.1) is 11.6 Å². The molecule has 1 aromatic carbocycles. The van der Waals surface area contributed by atoms with Crippen LogP contribution >= 0.6 is 0 Å². The third kappa shape index (κ3) is 9.29. The Morgan fingerprint density at radius 1 is 1.20 bits per heavy atom. The smallest absolute Gasteiger partial charge is 0.387 e. The molecule has 4 rings (SSSR count). The van der Waals surface area contributed by atoms with Crippen LogP contribution in [0.15, 0.2) is 30.5 Å². The van der Waals surface area contributed by atoms with Crippen LogP contribution < -0.4 is 10.1 Å². The molecule has 1 amide bonds. The molecule has 0 radical (unpaired) electrons. The first-order chi connectivity index (χ1) is 19.3. The van der Waals surface area contributed by atoms with Gasteiger partial charge in [0.05, 0.1) is 12.5 Å². The molecule has 0 unspecified atom stereocenters. The molecule has 1 saturated heterocycles. The third-order valence-electron chi connectivity index (χ3n) is 6.97. The van der Waals surface area contributed by atoms with Crippen molar-refractivity contribution in [2.75, 3.05) is 13.1 Å². The number of carbonyl (C=O) groups excluding carboxylic acids is 1. The quantitative estimate of drug-likeness (QED) is 0.390. The molecular weight excluding hydrogens is 559 g/mol. The standard InChI is InChI=1S/C20H18F6N2O3.C8H16FN.H2/c21-12-6-11(7-13(22)9-12)16-17(31-19(23)24)10(3-5-27-16)8-15(30)28-18-14(29)2-1-4-20(18,25)26;1-7(2)10-5-3-4-8(9)6-10;/h3,5-7,9,14,18-19,29H,1-2,4,8H2,(H,28,30);7-8H,3-6H2,1-2H3;1H/t14-,18+;8-;/m00./s1. The van der Waals surface area contributed by atoms with E-state index >= 15 is 0 Å². The Morgan fingerprint density at radius 2 is 1.88 bits per heavy atom. The van der Waals surface area contributed by atoms with Gasteiger partial charge in [-0.1, -0.05) is 0 Å². The summed E-state index contributed by atoms with van der Waals surface area (Å²) in [5.41, 5.74) is -0.738. The van der Waals surface area contributed by atoms with E-state index in [0.717, 1.165) is 43.8 Å². The highest BCUT2D eigenvalue weighted by molar-refractivity contribution is 5.81. The largest absolute Gasteiger partial charge is 0.432 e. The van der Waals surface area contributed by atoms with Crippen LogP contribution in [0.5, 0.6) is 5.75 Å². The summed E-state index contributed by atoms with van der Waals surface area (Å²) in [6, 6.07) is 2.08. The van der Waals surface area contributed by atoms with Crippen molar-refractivity contribution in [1.82, 2.24) is 15.2 Å². The number of ether oxygens (including phenoxy) is 1. The predicted octanol–water partition coefficient (Wildman–Crippen LogP) is 5.91. The zero-order valence-electron chi connectivity index (χ0n) is 22.7. The molecule has 41 heavy (non-hydrogen) atoms. The minimum Gasteiger partial charge on any atom is -0.432 e. The van der Waals surface area contributed by atoms with Crippen molar-refractivity contribution in [1.29, 1.82) is 0 Å². The molecule has 2 aliphatic rings. The number of halogens is 7. The predicted molar refractivity (Wildman–Crippen MR) is 140 cm³/mol. The Kier molecular flexibility index (Phi) is 11.4. The first-order valence-corrected chi connectivity index (χ1v) is 13.4. The van der Waals surface area contributed by atoms with E-state index in [2.05, 4.69) is 28.5 Å². The van der Waals surface area contributed by atoms with E-state index < -0.39 is 67.0 Å². The fourth-order valence-corrected chi connectivity index (χ4v) is 4.92. The lowest BCUT2D eigenvalue weighted by molar-refractivity contribution is -0.136. The Balaban J connectivity index is 0.000000475. The lowest BCUT2D eigenvalue weighted by Gasteiger charge is -2.35. The number of hydrogen-bond donors (Lipinski definition) is 2. The van der Waals surface area contributed by atoms with Gasteiger partial charge in [0, 0.05) is 43.8 Å². The maximum atomic E-state index is 14.1. The van der Waals surface area contributed by atoms with Crippen molar-refractivity contribution in [3.63, 3.8) is 0 Å². The molecular formula is C28H36F7N3O3. The number of nitrogens with one attached hydrogen (secondary N) is 1. The summed E-state index contributed by atoms with van der Waals surface area (Å²) in [4.78, 5) is 18.4. The fourth-order valence-electron chi connectivity index (χ4n) is 4.92. The summed E-state index contributed by atoms with van der Waals surface area (Å²) in [6.45, 7) is 2.62. The SMILES string of the molecule is CC(C)N1CCC[C@H](F)C1.O=C(Cc1ccnc(-c2cc(F)cc(F)c2)c1OC(F)F)N[C@@H]1[C@@H](O)CCCC1(F)F.[HH]. The highest BCUT2D eigenvalue weighted by Crippen LogP contribution is 2.35. The van der Waals surface area contributed by atoms with E-state index in [1.54, 1.807) is 0 Å². The number of likely N-dealkylation sites (tertiary alicyclic amines) is 1. The third-order valence-corrected chi connectivity index (χ3v) is 6.97. The average Bonchev–Trinajstić information content (AvgIpc) is 2.87. The van der Waals surface area contributed by atoms with Gasteiger partial charge in [-0.3, -0.25) is 14.7 Å². The molecule has 1 aromatic heterocycles. The monoisotopic (exact) mass is 595 g/mol. The van der Waals surface area contributed by atoms with Gasteiger partial charge >= 0.3 is 6.61 Å². The van der Waals surface area contributed by atoms with E-state index in [1.807, 2.05) is 5.32 Å². The molecule has 13 heteroatoms. The Bertz CT molecular complexity index is 1160. The van der Waals surface area contributed by atoms with E-state index in [9.17, 15) is 40.6 Å². The molecule has 2 fully saturated rings. The van der Waals surface area contributed by atoms with Crippen molar-refractivity contribution in [3.05, 3.63) is 47.7 Å². The molecule has 3 atom stereocenters. The lowest BCUT2D eigenvalue weighted by Crippen LogP contribution is -2.57. The second kappa shape index (κ2) is 14.3. The van der Waals surface area contributed by atoms with Crippen LogP contribution in [0.1, 0.15) is 52.9 Å². The maximum Gasteiger partial charge on any atom is 0.387 e. The number of aliphatic hydroxyl groups is 1. The number of aliphatic hydroxyl groups excluding tert-OH is 1. The van der Waals surface area contributed by atoms with Gasteiger partial charge < -0.3 is 15.2 Å². The van der Waals surface area contributed by atoms with Crippen molar-refractivity contribution in [2.24, 2.45) is 0 Å². The average molecular weight is 596 g/mol. The summed E-state index contributed by atoms with van der Waals surface area (Å²) < 4.78 is 98.4. The van der Waals surface area contributed by atoms with Gasteiger partial charge in [0.25, 0.3) is 5.92 Å². The van der Waals surface area contributed by atoms with Crippen molar-refractivity contribution in [3.8, 4) is 17.0 Å². The molecule has 0 bridgehead atoms. The van der Waals surface area contributed by atoms with Gasteiger partial charge in [-0.05, 0) is 64.3 Å². The van der Waals surface area contributed by atoms with Crippen molar-refractivity contribution in [2.45, 2.75) is 89.3 Å². The fraction of sp³-hybridized carbons (Fsp3) is 0.571. The van der Waals surface area contributed by atoms with Crippen LogP contribution in [0.4, 0.5) is 30.7 Å². The molecule has 2 aromatic rings. The zero-order valence-corrected chi connectivity index (χ0v) is 22.7. The summed E-state index contributed by atoms with van der Waals surface area (Å²) in [7, 11) is 0. The number of nitrogens with zero attached hydrogens (tertiary/aromatic N) is 2. The van der Waals surface area contributed by atoms with E-state index in [-0.39, 0.29) is 31.1 Å². The second-order valence-corrected chi connectivity index (χ2v) is 10.5. The van der Waals surface area contributed by atoms with Crippen LogP contribution in [-0.2, 0) is 11.2 Å². The van der Waals surface area contributed by atoms with Gasteiger partial charge in [-0.2, -0.15) is 8.78 Å². The van der Waals surface area contributed by atoms with Gasteiger partial charge in [0.15, 0.2) is 5.75 Å². The summed E-state index contributed by atoms with van der Waals surface area (Å²) in [5.74, 6) is -6.91. The van der Waals surface area contributed by atoms with Crippen molar-refractivity contribution < 1.29 is 46.8 Å². The Labute approximate surface area is 235 Å². The Hall–Kier alpha value is -2.93. The molecule has 6 nitrogen and oxygen atoms in total. The number of alkyl halides is 5. The highest BCUT2D eigenvalue weighted by atomic mass is 19.3. The van der Waals surface area contributed by atoms with Gasteiger partial charge in [-0.25, -0.2) is 22.0 Å². The van der Waals surface area contributed by atoms with Crippen LogP contribution in [0.3, 0.4) is 0 Å². The number of rotatable bonds is 7. The van der Waals surface area contributed by atoms with Crippen LogP contribution in [-0.4, -0.2) is 70.9 Å². The minimum atomic E-state index is -3.35. The van der Waals surface area contributed by atoms with Gasteiger partial charge in [0.1, 0.15) is 29.5 Å². The van der Waals surface area contributed by atoms with Crippen molar-refractivity contribution >= 4 is 5.91 Å². The number of hydrogen-bond acceptors (Lipinski definition) is 5. The van der Waals surface area contributed by atoms with E-state index in [0.29, 0.717) is 18.7 Å². The number of piperidine rings is 1. The minimum absolute atomic E-state index is 0. The molecule has 1 aliphatic carbocycles. The molecule has 230 valence electrons.